The quantitative estimate of drug-likeness (QED) is 0.340. The molecule has 2 aromatic heterocycles. The van der Waals surface area contributed by atoms with Crippen LogP contribution in [0.1, 0.15) is 18.5 Å². The van der Waals surface area contributed by atoms with Crippen LogP contribution < -0.4 is 16.6 Å². The maximum Gasteiger partial charge on any atom is 0.276 e. The summed E-state index contributed by atoms with van der Waals surface area (Å²) in [6.07, 6.45) is -0.0906. The van der Waals surface area contributed by atoms with Crippen LogP contribution in [0.25, 0.3) is 11.0 Å². The highest BCUT2D eigenvalue weighted by Gasteiger charge is 2.44. The highest BCUT2D eigenvalue weighted by molar-refractivity contribution is 5.79. The van der Waals surface area contributed by atoms with E-state index in [1.807, 2.05) is 12.2 Å². The Morgan fingerprint density at radius 2 is 2.16 bits per heavy atom. The van der Waals surface area contributed by atoms with Crippen LogP contribution in [-0.2, 0) is 0 Å². The summed E-state index contributed by atoms with van der Waals surface area (Å²) in [5.74, 6) is 0.0273. The highest BCUT2D eigenvalue weighted by Crippen LogP contribution is 2.26. The average Bonchev–Trinajstić information content (AvgIpc) is 2.86. The Bertz CT molecular complexity index is 679. The molecule has 0 aliphatic carbocycles. The molecule has 0 bridgehead atoms. The molecule has 8 nitrogen and oxygen atoms in total. The Morgan fingerprint density at radius 1 is 1.42 bits per heavy atom. The van der Waals surface area contributed by atoms with Crippen molar-refractivity contribution in [2.75, 3.05) is 5.73 Å². The summed E-state index contributed by atoms with van der Waals surface area (Å²) in [5, 5.41) is 21.7. The van der Waals surface area contributed by atoms with Gasteiger partial charge in [0.1, 0.15) is 35.3 Å². The number of nitrogens with zero attached hydrogens (tertiary/aromatic N) is 1. The fourth-order valence-corrected chi connectivity index (χ4v) is 2.67. The van der Waals surface area contributed by atoms with Crippen LogP contribution in [0.15, 0.2) is 11.0 Å². The molecule has 4 atom stereocenters. The number of anilines is 1. The summed E-state index contributed by atoms with van der Waals surface area (Å²) < 4.78 is 0. The van der Waals surface area contributed by atoms with Gasteiger partial charge in [-0.15, -0.1) is 0 Å². The minimum absolute atomic E-state index is 0.0273. The van der Waals surface area contributed by atoms with E-state index in [4.69, 9.17) is 5.73 Å². The van der Waals surface area contributed by atoms with Gasteiger partial charge >= 0.3 is 0 Å². The Labute approximate surface area is 107 Å². The summed E-state index contributed by atoms with van der Waals surface area (Å²) >= 11 is 0. The van der Waals surface area contributed by atoms with Gasteiger partial charge in [0.05, 0.1) is 5.56 Å². The lowest BCUT2D eigenvalue weighted by molar-refractivity contribution is -0.709. The molecule has 0 aromatic carbocycles. The summed E-state index contributed by atoms with van der Waals surface area (Å²) in [6.45, 7) is 1.83. The molecule has 0 radical (unpaired) electrons. The molecule has 0 unspecified atom stereocenters. The zero-order chi connectivity index (χ0) is 13.7. The van der Waals surface area contributed by atoms with Crippen LogP contribution in [0.2, 0.25) is 0 Å². The van der Waals surface area contributed by atoms with Crippen LogP contribution in [0.4, 0.5) is 5.95 Å². The van der Waals surface area contributed by atoms with E-state index in [0.29, 0.717) is 16.6 Å². The van der Waals surface area contributed by atoms with Gasteiger partial charge in [-0.1, -0.05) is 0 Å². The van der Waals surface area contributed by atoms with Gasteiger partial charge < -0.3 is 26.2 Å². The summed E-state index contributed by atoms with van der Waals surface area (Å²) in [7, 11) is 0. The minimum Gasteiger partial charge on any atom is -0.384 e. The van der Waals surface area contributed by atoms with Crippen molar-refractivity contribution < 1.29 is 15.5 Å². The molecule has 1 fully saturated rings. The highest BCUT2D eigenvalue weighted by atomic mass is 16.3. The van der Waals surface area contributed by atoms with Gasteiger partial charge in [0.25, 0.3) is 5.56 Å². The van der Waals surface area contributed by atoms with Gasteiger partial charge in [0.2, 0.25) is 5.95 Å². The van der Waals surface area contributed by atoms with Crippen molar-refractivity contribution in [1.29, 1.82) is 0 Å². The van der Waals surface area contributed by atoms with Crippen LogP contribution in [0.5, 0.6) is 0 Å². The smallest absolute Gasteiger partial charge is 0.276 e. The number of H-pyrrole nitrogens is 2. The normalized spacial score (nSPS) is 31.1. The van der Waals surface area contributed by atoms with E-state index in [9.17, 15) is 15.0 Å². The molecule has 8 heteroatoms. The van der Waals surface area contributed by atoms with Gasteiger partial charge in [-0.05, 0) is 6.92 Å². The molecular weight excluding hydrogens is 250 g/mol. The van der Waals surface area contributed by atoms with Gasteiger partial charge in [-0.25, -0.2) is 4.98 Å². The molecule has 1 aliphatic heterocycles. The number of nitrogen functional groups attached to an aromatic ring is 1. The number of aliphatic hydroxyl groups is 2. The third-order valence-corrected chi connectivity index (χ3v) is 3.71. The van der Waals surface area contributed by atoms with Gasteiger partial charge in [0.15, 0.2) is 0 Å². The van der Waals surface area contributed by atoms with Crippen molar-refractivity contribution in [2.45, 2.75) is 31.2 Å². The second-order valence-corrected chi connectivity index (χ2v) is 4.98. The number of quaternary nitrogens is 1. The lowest BCUT2D eigenvalue weighted by Crippen LogP contribution is -2.88. The molecule has 3 rings (SSSR count). The molecule has 0 spiro atoms. The van der Waals surface area contributed by atoms with Crippen LogP contribution in [0.3, 0.4) is 0 Å². The second kappa shape index (κ2) is 4.05. The van der Waals surface area contributed by atoms with Crippen molar-refractivity contribution in [1.82, 2.24) is 15.0 Å². The Morgan fingerprint density at radius 3 is 2.79 bits per heavy atom. The standard InChI is InChI=1S/C11H15N5O3/c1-3-8(17)9(18)6(14-3)4-2-13-7-5(4)15-11(12)16-10(7)19/h2-3,6,8-9,13-14,17-18H,1H3,(H3,12,15,16,19)/p+1/t3-,6+,8-,9+/m1/s1. The topological polar surface area (TPSA) is 145 Å². The lowest BCUT2D eigenvalue weighted by Gasteiger charge is -2.11. The number of nitrogens with two attached hydrogens (primary N) is 2. The first-order chi connectivity index (χ1) is 8.99. The molecule has 2 aromatic rings. The van der Waals surface area contributed by atoms with Crippen molar-refractivity contribution in [2.24, 2.45) is 0 Å². The first-order valence-corrected chi connectivity index (χ1v) is 6.07. The number of aromatic amines is 2. The molecule has 1 saturated heterocycles. The fourth-order valence-electron chi connectivity index (χ4n) is 2.67. The summed E-state index contributed by atoms with van der Waals surface area (Å²) in [4.78, 5) is 21.1. The molecule has 0 amide bonds. The minimum atomic E-state index is -0.906. The second-order valence-electron chi connectivity index (χ2n) is 4.98. The number of hydrogen-bond acceptors (Lipinski definition) is 5. The first kappa shape index (κ1) is 12.2. The molecule has 19 heavy (non-hydrogen) atoms. The van der Waals surface area contributed by atoms with E-state index in [0.717, 1.165) is 0 Å². The van der Waals surface area contributed by atoms with Crippen LogP contribution in [-0.4, -0.2) is 43.4 Å². The Balaban J connectivity index is 2.14. The van der Waals surface area contributed by atoms with E-state index >= 15 is 0 Å². The third kappa shape index (κ3) is 1.72. The third-order valence-electron chi connectivity index (χ3n) is 3.71. The maximum absolute atomic E-state index is 11.7. The van der Waals surface area contributed by atoms with Crippen molar-refractivity contribution in [3.05, 3.63) is 22.1 Å². The molecule has 8 N–H and O–H groups in total. The van der Waals surface area contributed by atoms with E-state index in [-0.39, 0.29) is 23.6 Å². The van der Waals surface area contributed by atoms with Crippen LogP contribution in [0, 0.1) is 0 Å². The summed E-state index contributed by atoms with van der Waals surface area (Å²) in [6, 6.07) is -0.489. The Hall–Kier alpha value is -1.90. The van der Waals surface area contributed by atoms with Crippen molar-refractivity contribution in [3.8, 4) is 0 Å². The van der Waals surface area contributed by atoms with Gasteiger partial charge in [0, 0.05) is 6.20 Å². The largest absolute Gasteiger partial charge is 0.384 e. The SMILES string of the molecule is C[C@H]1[NH2+][C@@H](c2c[nH]c3c(=O)[nH]c(N)nc23)[C@H](O)[C@@H]1O. The summed E-state index contributed by atoms with van der Waals surface area (Å²) in [5.41, 5.74) is 6.61. The van der Waals surface area contributed by atoms with Crippen molar-refractivity contribution >= 4 is 17.0 Å². The predicted molar refractivity (Wildman–Crippen MR) is 67.3 cm³/mol. The number of rotatable bonds is 1. The maximum atomic E-state index is 11.7. The van der Waals surface area contributed by atoms with Gasteiger partial charge in [-0.2, -0.15) is 0 Å². The number of fused-ring (bicyclic) bond motifs is 1. The average molecular weight is 266 g/mol. The van der Waals surface area contributed by atoms with E-state index in [1.165, 1.54) is 0 Å². The van der Waals surface area contributed by atoms with E-state index < -0.39 is 12.2 Å². The van der Waals surface area contributed by atoms with E-state index in [2.05, 4.69) is 15.0 Å². The lowest BCUT2D eigenvalue weighted by atomic mass is 10.0. The number of nitrogens with one attached hydrogen (secondary N) is 2. The molecule has 3 heterocycles. The zero-order valence-electron chi connectivity index (χ0n) is 10.3. The van der Waals surface area contributed by atoms with Crippen LogP contribution >= 0.6 is 0 Å². The fraction of sp³-hybridized carbons (Fsp3) is 0.455. The molecule has 1 aliphatic rings. The van der Waals surface area contributed by atoms with E-state index in [1.54, 1.807) is 6.20 Å². The predicted octanol–water partition coefficient (Wildman–Crippen LogP) is -2.44. The zero-order valence-corrected chi connectivity index (χ0v) is 10.3. The molecule has 102 valence electrons. The molecule has 0 saturated carbocycles. The number of aliphatic hydroxyl groups excluding tert-OH is 2. The van der Waals surface area contributed by atoms with Gasteiger partial charge in [-0.3, -0.25) is 9.78 Å². The number of hydrogen-bond donors (Lipinski definition) is 6. The van der Waals surface area contributed by atoms with Crippen molar-refractivity contribution in [3.63, 3.8) is 0 Å². The Kier molecular flexibility index (Phi) is 2.59. The first-order valence-electron chi connectivity index (χ1n) is 6.07. The molecular formula is C11H16N5O3+. The number of aromatic nitrogens is 3. The monoisotopic (exact) mass is 266 g/mol.